The van der Waals surface area contributed by atoms with E-state index in [4.69, 9.17) is 42.3 Å². The van der Waals surface area contributed by atoms with Crippen LogP contribution in [0.2, 0.25) is 0 Å². The Morgan fingerprint density at radius 1 is 0.961 bits per heavy atom. The van der Waals surface area contributed by atoms with Crippen LogP contribution in [0, 0.1) is 28.1 Å². The number of rotatable bonds is 6. The second kappa shape index (κ2) is 9.39. The monoisotopic (exact) mass is 712 g/mol. The number of Topliss-reactive ketones (excluding diaryl/α,β-unsaturated/α-hetero) is 1. The zero-order valence-corrected chi connectivity index (χ0v) is 29.4. The summed E-state index contributed by atoms with van der Waals surface area (Å²) >= 11 is 0. The Bertz CT molecular complexity index is 1870. The van der Waals surface area contributed by atoms with Crippen molar-refractivity contribution >= 4 is 35.6 Å². The average molecular weight is 713 g/mol. The van der Waals surface area contributed by atoms with Gasteiger partial charge in [0, 0.05) is 50.4 Å². The van der Waals surface area contributed by atoms with Gasteiger partial charge in [0.2, 0.25) is 5.60 Å². The topological polar surface area (TPSA) is 189 Å². The molecule has 0 unspecified atom stereocenters. The molecule has 274 valence electrons. The summed E-state index contributed by atoms with van der Waals surface area (Å²) < 4.78 is 58.4. The fraction of sp³-hybridized carbons (Fsp3) is 0.722. The van der Waals surface area contributed by atoms with E-state index in [-0.39, 0.29) is 38.1 Å². The summed E-state index contributed by atoms with van der Waals surface area (Å²) in [6, 6.07) is 1.59. The highest BCUT2D eigenvalue weighted by Gasteiger charge is 3.08. The van der Waals surface area contributed by atoms with Crippen molar-refractivity contribution in [3.05, 3.63) is 23.7 Å². The summed E-state index contributed by atoms with van der Waals surface area (Å²) in [4.78, 5) is 82.5. The van der Waals surface area contributed by atoms with E-state index in [1.54, 1.807) is 26.8 Å². The first kappa shape index (κ1) is 33.0. The van der Waals surface area contributed by atoms with Gasteiger partial charge in [-0.05, 0) is 24.8 Å². The van der Waals surface area contributed by atoms with Crippen molar-refractivity contribution in [1.82, 2.24) is 0 Å². The molecular formula is C36H40O15. The van der Waals surface area contributed by atoms with E-state index < -0.39 is 111 Å². The van der Waals surface area contributed by atoms with Crippen LogP contribution in [0.4, 0.5) is 0 Å². The van der Waals surface area contributed by atoms with Crippen LogP contribution in [0.1, 0.15) is 95.7 Å². The summed E-state index contributed by atoms with van der Waals surface area (Å²) in [5.74, 6) is -8.26. The maximum atomic E-state index is 14.8. The Hall–Kier alpha value is -3.82. The van der Waals surface area contributed by atoms with Crippen molar-refractivity contribution in [3.8, 4) is 0 Å². The Kier molecular flexibility index (Phi) is 6.09. The first-order chi connectivity index (χ1) is 23.9. The van der Waals surface area contributed by atoms with Crippen LogP contribution in [0.5, 0.6) is 0 Å². The van der Waals surface area contributed by atoms with Gasteiger partial charge >= 0.3 is 29.8 Å². The number of cyclic esters (lactones) is 1. The Morgan fingerprint density at radius 3 is 2.37 bits per heavy atom. The van der Waals surface area contributed by atoms with Gasteiger partial charge in [0.25, 0.3) is 5.97 Å². The lowest BCUT2D eigenvalue weighted by Crippen LogP contribution is -2.96. The SMILES string of the molecule is CCC(=O)O[C@@H]1[C@@]2(OC(C)=O)[C@@H](OC(C)=O)[C@]3(C)C[C@]24O[C@]2(C)O[C@]15[C@H](CC(=O)OC)[C@@]1(C)C[C@H](c6occc6C1=O)[C@]5(O2)[C@@]41COC(=O)C[C@@H]31. The van der Waals surface area contributed by atoms with Gasteiger partial charge in [0.15, 0.2) is 18.0 Å². The van der Waals surface area contributed by atoms with E-state index in [0.717, 1.165) is 0 Å². The van der Waals surface area contributed by atoms with E-state index in [1.807, 2.05) is 6.92 Å². The second-order valence-electron chi connectivity index (χ2n) is 16.2. The average Bonchev–Trinajstić information content (AvgIpc) is 3.74. The highest BCUT2D eigenvalue weighted by Crippen LogP contribution is 2.92. The predicted octanol–water partition coefficient (Wildman–Crippen LogP) is 2.66. The normalized spacial score (nSPS) is 50.1. The van der Waals surface area contributed by atoms with Gasteiger partial charge in [0.1, 0.15) is 29.2 Å². The van der Waals surface area contributed by atoms with Crippen molar-refractivity contribution in [2.45, 2.75) is 120 Å². The van der Waals surface area contributed by atoms with Crippen LogP contribution in [-0.4, -0.2) is 89.9 Å². The minimum absolute atomic E-state index is 0.0441. The Morgan fingerprint density at radius 2 is 1.71 bits per heavy atom. The molecular weight excluding hydrogens is 672 g/mol. The van der Waals surface area contributed by atoms with Crippen molar-refractivity contribution in [1.29, 1.82) is 0 Å². The minimum atomic E-state index is -2.17. The molecule has 3 saturated heterocycles. The molecule has 9 rings (SSSR count). The minimum Gasteiger partial charge on any atom is -0.469 e. The fourth-order valence-corrected chi connectivity index (χ4v) is 13.3. The van der Waals surface area contributed by atoms with Crippen molar-refractivity contribution < 1.29 is 71.1 Å². The molecule has 3 spiro atoms. The molecule has 4 saturated carbocycles. The molecule has 6 bridgehead atoms. The van der Waals surface area contributed by atoms with Gasteiger partial charge in [0.05, 0.1) is 36.7 Å². The third kappa shape index (κ3) is 3.11. The van der Waals surface area contributed by atoms with Gasteiger partial charge in [-0.3, -0.25) is 28.8 Å². The number of ether oxygens (including phenoxy) is 8. The van der Waals surface area contributed by atoms with Crippen LogP contribution in [0.3, 0.4) is 0 Å². The zero-order valence-electron chi connectivity index (χ0n) is 29.4. The molecule has 4 heterocycles. The van der Waals surface area contributed by atoms with Crippen molar-refractivity contribution in [2.75, 3.05) is 13.7 Å². The number of furan rings is 1. The number of esters is 5. The molecule has 7 fully saturated rings. The second-order valence-corrected chi connectivity index (χ2v) is 16.2. The van der Waals surface area contributed by atoms with Crippen LogP contribution in [0.25, 0.3) is 0 Å². The molecule has 15 nitrogen and oxygen atoms in total. The number of hydrogen-bond acceptors (Lipinski definition) is 15. The molecule has 0 N–H and O–H groups in total. The molecule has 8 aliphatic rings. The Balaban J connectivity index is 1.50. The summed E-state index contributed by atoms with van der Waals surface area (Å²) in [6.45, 7) is 8.77. The quantitative estimate of drug-likeness (QED) is 0.309. The van der Waals surface area contributed by atoms with Gasteiger partial charge in [-0.1, -0.05) is 20.8 Å². The largest absolute Gasteiger partial charge is 0.469 e. The molecule has 13 atom stereocenters. The fourth-order valence-electron chi connectivity index (χ4n) is 13.3. The molecule has 51 heavy (non-hydrogen) atoms. The molecule has 15 heteroatoms. The number of carbonyl (C=O) groups is 6. The number of hydrogen-bond donors (Lipinski definition) is 0. The molecule has 0 aromatic carbocycles. The maximum Gasteiger partial charge on any atom is 0.306 e. The summed E-state index contributed by atoms with van der Waals surface area (Å²) in [5, 5.41) is 0. The molecule has 5 aliphatic carbocycles. The van der Waals surface area contributed by atoms with Gasteiger partial charge in [-0.2, -0.15) is 0 Å². The lowest BCUT2D eigenvalue weighted by atomic mass is 9.30. The lowest BCUT2D eigenvalue weighted by Gasteiger charge is -2.78. The molecule has 0 amide bonds. The summed E-state index contributed by atoms with van der Waals surface area (Å²) in [7, 11) is 1.22. The molecule has 1 aromatic rings. The van der Waals surface area contributed by atoms with E-state index in [1.165, 1.54) is 27.2 Å². The molecule has 0 radical (unpaired) electrons. The summed E-state index contributed by atoms with van der Waals surface area (Å²) in [5.41, 5.74) is -11.5. The molecule has 1 aromatic heterocycles. The first-order valence-corrected chi connectivity index (χ1v) is 17.4. The van der Waals surface area contributed by atoms with E-state index in [0.29, 0.717) is 11.3 Å². The zero-order chi connectivity index (χ0) is 36.5. The van der Waals surface area contributed by atoms with Crippen molar-refractivity contribution in [2.24, 2.45) is 28.1 Å². The number of ketones is 1. The van der Waals surface area contributed by atoms with Crippen molar-refractivity contribution in [3.63, 3.8) is 0 Å². The van der Waals surface area contributed by atoms with Crippen LogP contribution in [0.15, 0.2) is 16.7 Å². The highest BCUT2D eigenvalue weighted by molar-refractivity contribution is 6.03. The lowest BCUT2D eigenvalue weighted by molar-refractivity contribution is -0.487. The first-order valence-electron chi connectivity index (χ1n) is 17.4. The number of fused-ring (bicyclic) bond motifs is 7. The highest BCUT2D eigenvalue weighted by atomic mass is 16.9. The third-order valence-electron chi connectivity index (χ3n) is 14.2. The van der Waals surface area contributed by atoms with E-state index >= 15 is 0 Å². The standard InChI is InChI=1S/C36H40O15/c1-8-22(39)47-28-34-21(12-23(40)43-7)29(4)13-19(25-18(26(29)42)9-10-44-25)36(34)32-15-45-24(41)11-20(32)30(5)14-33(32,49-31(6,50-34)51-36)35(28,48-17(3)38)27(30)46-16(2)37/h9-10,19-21,27-28H,8,11-15H2,1-7H3/t19-,20+,21-,27+,28+,29-,30-,31-,32-,33-,34-,35+,36+/m1/s1. The van der Waals surface area contributed by atoms with Gasteiger partial charge in [-0.15, -0.1) is 0 Å². The van der Waals surface area contributed by atoms with Crippen LogP contribution < -0.4 is 0 Å². The van der Waals surface area contributed by atoms with Gasteiger partial charge < -0.3 is 42.3 Å². The smallest absolute Gasteiger partial charge is 0.306 e. The van der Waals surface area contributed by atoms with Gasteiger partial charge in [-0.25, -0.2) is 0 Å². The van der Waals surface area contributed by atoms with E-state index in [9.17, 15) is 28.8 Å². The third-order valence-corrected chi connectivity index (χ3v) is 14.2. The van der Waals surface area contributed by atoms with Crippen LogP contribution >= 0.6 is 0 Å². The van der Waals surface area contributed by atoms with E-state index in [2.05, 4.69) is 0 Å². The summed E-state index contributed by atoms with van der Waals surface area (Å²) in [6.07, 6.45) is -2.24. The number of carbonyl (C=O) groups excluding carboxylic acids is 6. The number of methoxy groups -OCH3 is 1. The predicted molar refractivity (Wildman–Crippen MR) is 163 cm³/mol. The maximum absolute atomic E-state index is 14.8. The van der Waals surface area contributed by atoms with Crippen LogP contribution in [-0.2, 0) is 61.9 Å². The molecule has 3 aliphatic heterocycles. The Labute approximate surface area is 292 Å².